The van der Waals surface area contributed by atoms with Crippen LogP contribution in [0.1, 0.15) is 24.5 Å². The van der Waals surface area contributed by atoms with E-state index >= 15 is 0 Å². The zero-order valence-electron chi connectivity index (χ0n) is 15.4. The van der Waals surface area contributed by atoms with Crippen LogP contribution < -0.4 is 14.7 Å². The average molecular weight is 351 g/mol. The van der Waals surface area contributed by atoms with Crippen LogP contribution in [0.5, 0.6) is 0 Å². The van der Waals surface area contributed by atoms with Gasteiger partial charge in [0.05, 0.1) is 0 Å². The van der Waals surface area contributed by atoms with Crippen LogP contribution >= 0.6 is 0 Å². The van der Waals surface area contributed by atoms with Crippen molar-refractivity contribution in [2.45, 2.75) is 18.8 Å². The van der Waals surface area contributed by atoms with Gasteiger partial charge in [0.15, 0.2) is 0 Å². The van der Waals surface area contributed by atoms with Gasteiger partial charge in [0, 0.05) is 76.0 Å². The Morgan fingerprint density at radius 1 is 0.923 bits per heavy atom. The number of rotatable bonds is 4. The minimum atomic E-state index is 0.673. The van der Waals surface area contributed by atoms with Gasteiger partial charge in [0.25, 0.3) is 0 Å². The Bertz CT molecular complexity index is 732. The summed E-state index contributed by atoms with van der Waals surface area (Å²) in [5, 5.41) is 0. The molecular formula is C19H25N7. The van der Waals surface area contributed by atoms with Crippen LogP contribution in [0, 0.1) is 11.8 Å². The SMILES string of the molecule is CN(C)c1nccc(N2CC3CN(c4cc(C5CC5)ncn4)CC3C2)n1. The molecule has 0 radical (unpaired) electrons. The second kappa shape index (κ2) is 6.07. The van der Waals surface area contributed by atoms with E-state index < -0.39 is 0 Å². The molecule has 0 spiro atoms. The molecule has 5 rings (SSSR count). The Labute approximate surface area is 154 Å². The van der Waals surface area contributed by atoms with Crippen molar-refractivity contribution in [1.82, 2.24) is 19.9 Å². The Morgan fingerprint density at radius 3 is 2.27 bits per heavy atom. The quantitative estimate of drug-likeness (QED) is 0.832. The minimum absolute atomic E-state index is 0.673. The van der Waals surface area contributed by atoms with E-state index in [1.165, 1.54) is 18.5 Å². The summed E-state index contributed by atoms with van der Waals surface area (Å²) in [7, 11) is 3.96. The molecule has 1 saturated carbocycles. The van der Waals surface area contributed by atoms with Gasteiger partial charge in [-0.25, -0.2) is 15.0 Å². The van der Waals surface area contributed by atoms with Crippen LogP contribution in [0.3, 0.4) is 0 Å². The van der Waals surface area contributed by atoms with Crippen LogP contribution in [0.4, 0.5) is 17.6 Å². The second-order valence-electron chi connectivity index (χ2n) is 8.01. The van der Waals surface area contributed by atoms with Gasteiger partial charge in [0.2, 0.25) is 5.95 Å². The molecule has 1 aliphatic carbocycles. The first-order chi connectivity index (χ1) is 12.7. The third-order valence-electron chi connectivity index (χ3n) is 5.83. The largest absolute Gasteiger partial charge is 0.356 e. The van der Waals surface area contributed by atoms with Crippen LogP contribution in [0.15, 0.2) is 24.7 Å². The summed E-state index contributed by atoms with van der Waals surface area (Å²) in [4.78, 5) is 24.8. The molecule has 2 aromatic rings. The van der Waals surface area contributed by atoms with Gasteiger partial charge >= 0.3 is 0 Å². The van der Waals surface area contributed by atoms with Crippen LogP contribution in [0.2, 0.25) is 0 Å². The maximum atomic E-state index is 4.70. The van der Waals surface area contributed by atoms with Crippen molar-refractivity contribution >= 4 is 17.6 Å². The number of nitrogens with zero attached hydrogens (tertiary/aromatic N) is 7. The van der Waals surface area contributed by atoms with Crippen molar-refractivity contribution in [3.63, 3.8) is 0 Å². The van der Waals surface area contributed by atoms with Gasteiger partial charge in [-0.15, -0.1) is 0 Å². The van der Waals surface area contributed by atoms with Crippen LogP contribution in [-0.4, -0.2) is 60.2 Å². The first-order valence-corrected chi connectivity index (χ1v) is 9.49. The Kier molecular flexibility index (Phi) is 3.69. The highest BCUT2D eigenvalue weighted by Gasteiger charge is 2.41. The lowest BCUT2D eigenvalue weighted by molar-refractivity contribution is 0.533. The summed E-state index contributed by atoms with van der Waals surface area (Å²) < 4.78 is 0. The molecule has 3 fully saturated rings. The van der Waals surface area contributed by atoms with Gasteiger partial charge in [-0.05, 0) is 18.9 Å². The lowest BCUT2D eigenvalue weighted by Gasteiger charge is -2.23. The highest BCUT2D eigenvalue weighted by molar-refractivity contribution is 5.47. The fourth-order valence-electron chi connectivity index (χ4n) is 4.23. The van der Waals surface area contributed by atoms with Crippen molar-refractivity contribution in [3.05, 3.63) is 30.4 Å². The lowest BCUT2D eigenvalue weighted by atomic mass is 10.0. The van der Waals surface area contributed by atoms with Crippen molar-refractivity contribution in [1.29, 1.82) is 0 Å². The Hall–Kier alpha value is -2.44. The third kappa shape index (κ3) is 2.85. The Morgan fingerprint density at radius 2 is 1.62 bits per heavy atom. The normalized spacial score (nSPS) is 24.8. The van der Waals surface area contributed by atoms with E-state index in [0.29, 0.717) is 17.8 Å². The fraction of sp³-hybridized carbons (Fsp3) is 0.579. The maximum absolute atomic E-state index is 4.70. The Balaban J connectivity index is 1.27. The number of hydrogen-bond donors (Lipinski definition) is 0. The lowest BCUT2D eigenvalue weighted by Crippen LogP contribution is -2.30. The van der Waals surface area contributed by atoms with Crippen LogP contribution in [-0.2, 0) is 0 Å². The first kappa shape index (κ1) is 15.8. The molecule has 26 heavy (non-hydrogen) atoms. The molecule has 2 saturated heterocycles. The summed E-state index contributed by atoms with van der Waals surface area (Å²) in [5.74, 6) is 4.95. The van der Waals surface area contributed by atoms with Gasteiger partial charge in [-0.2, -0.15) is 4.98 Å². The summed E-state index contributed by atoms with van der Waals surface area (Å²) in [6, 6.07) is 4.24. The summed E-state index contributed by atoms with van der Waals surface area (Å²) in [5.41, 5.74) is 1.23. The molecule has 2 aromatic heterocycles. The number of hydrogen-bond acceptors (Lipinski definition) is 7. The summed E-state index contributed by atoms with van der Waals surface area (Å²) in [6.45, 7) is 4.28. The molecule has 0 amide bonds. The second-order valence-corrected chi connectivity index (χ2v) is 8.01. The highest BCUT2D eigenvalue weighted by atomic mass is 15.3. The molecule has 0 N–H and O–H groups in total. The molecule has 136 valence electrons. The van der Waals surface area contributed by atoms with Crippen molar-refractivity contribution in [2.24, 2.45) is 11.8 Å². The molecule has 0 aromatic carbocycles. The molecule has 0 bridgehead atoms. The summed E-state index contributed by atoms with van der Waals surface area (Å²) >= 11 is 0. The van der Waals surface area contributed by atoms with Gasteiger partial charge in [-0.1, -0.05) is 0 Å². The fourth-order valence-corrected chi connectivity index (χ4v) is 4.23. The predicted molar refractivity (Wildman–Crippen MR) is 102 cm³/mol. The van der Waals surface area contributed by atoms with E-state index in [1.807, 2.05) is 31.3 Å². The average Bonchev–Trinajstić information content (AvgIpc) is 3.32. The van der Waals surface area contributed by atoms with E-state index in [0.717, 1.165) is 43.8 Å². The highest BCUT2D eigenvalue weighted by Crippen LogP contribution is 2.40. The molecule has 7 nitrogen and oxygen atoms in total. The molecule has 2 atom stereocenters. The zero-order valence-corrected chi connectivity index (χ0v) is 15.4. The molecule has 2 aliphatic heterocycles. The van der Waals surface area contributed by atoms with E-state index in [9.17, 15) is 0 Å². The molecule has 3 aliphatic rings. The minimum Gasteiger partial charge on any atom is -0.356 e. The van der Waals surface area contributed by atoms with E-state index in [4.69, 9.17) is 4.98 Å². The number of fused-ring (bicyclic) bond motifs is 1. The van der Waals surface area contributed by atoms with Gasteiger partial charge in [0.1, 0.15) is 18.0 Å². The van der Waals surface area contributed by atoms with Crippen LogP contribution in [0.25, 0.3) is 0 Å². The molecular weight excluding hydrogens is 326 g/mol. The maximum Gasteiger partial charge on any atom is 0.226 e. The number of aromatic nitrogens is 4. The van der Waals surface area contributed by atoms with E-state index in [-0.39, 0.29) is 0 Å². The van der Waals surface area contributed by atoms with E-state index in [1.54, 1.807) is 6.33 Å². The molecule has 4 heterocycles. The predicted octanol–water partition coefficient (Wildman–Crippen LogP) is 1.78. The monoisotopic (exact) mass is 351 g/mol. The topological polar surface area (TPSA) is 61.3 Å². The summed E-state index contributed by atoms with van der Waals surface area (Å²) in [6.07, 6.45) is 6.17. The third-order valence-corrected chi connectivity index (χ3v) is 5.83. The number of anilines is 3. The van der Waals surface area contributed by atoms with Crippen molar-refractivity contribution in [3.8, 4) is 0 Å². The van der Waals surface area contributed by atoms with Crippen molar-refractivity contribution < 1.29 is 0 Å². The zero-order chi connectivity index (χ0) is 17.7. The van der Waals surface area contributed by atoms with Crippen molar-refractivity contribution in [2.75, 3.05) is 55.0 Å². The molecule has 7 heteroatoms. The smallest absolute Gasteiger partial charge is 0.226 e. The van der Waals surface area contributed by atoms with Gasteiger partial charge in [-0.3, -0.25) is 0 Å². The van der Waals surface area contributed by atoms with Gasteiger partial charge < -0.3 is 14.7 Å². The molecule has 2 unspecified atom stereocenters. The van der Waals surface area contributed by atoms with E-state index in [2.05, 4.69) is 30.8 Å². The standard InChI is InChI=1S/C19H25N7/c1-24(2)19-20-6-5-17(23-19)25-8-14-10-26(11-15(14)9-25)18-7-16(13-3-4-13)21-12-22-18/h5-7,12-15H,3-4,8-11H2,1-2H3. The first-order valence-electron chi connectivity index (χ1n) is 9.49.